The van der Waals surface area contributed by atoms with Gasteiger partial charge in [0.2, 0.25) is 5.91 Å². The molecule has 0 unspecified atom stereocenters. The first-order chi connectivity index (χ1) is 4.84. The molecule has 0 aromatic heterocycles. The second-order valence-corrected chi connectivity index (χ2v) is 2.29. The Balaban J connectivity index is -0.000000333. The van der Waals surface area contributed by atoms with Gasteiger partial charge in [-0.25, -0.2) is 5.43 Å². The van der Waals surface area contributed by atoms with Gasteiger partial charge in [-0.15, -0.1) is 0 Å². The molecule has 2 N–H and O–H groups in total. The summed E-state index contributed by atoms with van der Waals surface area (Å²) in [4.78, 5) is 11.0. The predicted molar refractivity (Wildman–Crippen MR) is 55.0 cm³/mol. The zero-order valence-electron chi connectivity index (χ0n) is 9.18. The smallest absolute Gasteiger partial charge is 0.237 e. The first kappa shape index (κ1) is 22.5. The predicted octanol–water partition coefficient (Wildman–Crippen LogP) is -1.50. The SMILES string of the molecule is CCC(=O)N1CCCNN1.[K].[K].[K]. The van der Waals surface area contributed by atoms with E-state index in [4.69, 9.17) is 0 Å². The summed E-state index contributed by atoms with van der Waals surface area (Å²) >= 11 is 0. The molecule has 1 rings (SSSR count). The average molecular weight is 260 g/mol. The zero-order valence-corrected chi connectivity index (χ0v) is 18.6. The Labute approximate surface area is 207 Å². The van der Waals surface area contributed by atoms with Crippen LogP contribution in [0.1, 0.15) is 19.8 Å². The minimum absolute atomic E-state index is 0. The molecule has 0 saturated carbocycles. The van der Waals surface area contributed by atoms with Crippen molar-refractivity contribution in [2.75, 3.05) is 13.1 Å². The summed E-state index contributed by atoms with van der Waals surface area (Å²) in [6.45, 7) is 3.62. The molecule has 1 saturated heterocycles. The van der Waals surface area contributed by atoms with Crippen molar-refractivity contribution >= 4 is 160 Å². The minimum atomic E-state index is 0. The summed E-state index contributed by atoms with van der Waals surface area (Å²) in [5, 5.41) is 1.61. The van der Waals surface area contributed by atoms with Crippen molar-refractivity contribution < 1.29 is 4.79 Å². The Hall–Kier alpha value is 4.30. The van der Waals surface area contributed by atoms with E-state index in [1.165, 1.54) is 0 Å². The van der Waals surface area contributed by atoms with E-state index in [2.05, 4.69) is 11.0 Å². The fraction of sp³-hybridized carbons (Fsp3) is 0.833. The average Bonchev–Trinajstić information content (AvgIpc) is 2.05. The van der Waals surface area contributed by atoms with Crippen LogP contribution in [-0.2, 0) is 4.79 Å². The number of rotatable bonds is 1. The number of hydrazine groups is 2. The Morgan fingerprint density at radius 2 is 2.00 bits per heavy atom. The van der Waals surface area contributed by atoms with Gasteiger partial charge < -0.3 is 0 Å². The molecule has 0 atom stereocenters. The summed E-state index contributed by atoms with van der Waals surface area (Å²) < 4.78 is 0. The number of hydrogen-bond acceptors (Lipinski definition) is 3. The fourth-order valence-electron chi connectivity index (χ4n) is 0.911. The van der Waals surface area contributed by atoms with Gasteiger partial charge in [-0.2, -0.15) is 5.53 Å². The van der Waals surface area contributed by atoms with E-state index in [1.807, 2.05) is 6.92 Å². The summed E-state index contributed by atoms with van der Waals surface area (Å²) in [7, 11) is 0. The molecular weight excluding hydrogens is 247 g/mol. The van der Waals surface area contributed by atoms with E-state index in [0.717, 1.165) is 19.5 Å². The van der Waals surface area contributed by atoms with Gasteiger partial charge in [-0.3, -0.25) is 9.80 Å². The number of carbonyl (C=O) groups is 1. The van der Waals surface area contributed by atoms with Gasteiger partial charge in [0.05, 0.1) is 0 Å². The number of nitrogens with zero attached hydrogens (tertiary/aromatic N) is 1. The van der Waals surface area contributed by atoms with Crippen LogP contribution in [0.15, 0.2) is 0 Å². The maximum absolute atomic E-state index is 11.0. The third-order valence-corrected chi connectivity index (χ3v) is 1.50. The number of hydrogen-bond donors (Lipinski definition) is 2. The van der Waals surface area contributed by atoms with E-state index < -0.39 is 0 Å². The van der Waals surface area contributed by atoms with E-state index in [-0.39, 0.29) is 160 Å². The fourth-order valence-corrected chi connectivity index (χ4v) is 0.911. The molecular formula is C6H13K3N3O. The zero-order chi connectivity index (χ0) is 7.40. The second-order valence-electron chi connectivity index (χ2n) is 2.29. The summed E-state index contributed by atoms with van der Waals surface area (Å²) in [5.74, 6) is 0.146. The Morgan fingerprint density at radius 1 is 1.38 bits per heavy atom. The quantitative estimate of drug-likeness (QED) is 0.564. The van der Waals surface area contributed by atoms with Gasteiger partial charge in [0.1, 0.15) is 0 Å². The largest absolute Gasteiger partial charge is 0.273 e. The van der Waals surface area contributed by atoms with Crippen LogP contribution in [0.5, 0.6) is 0 Å². The maximum atomic E-state index is 11.0. The van der Waals surface area contributed by atoms with Gasteiger partial charge in [0, 0.05) is 174 Å². The van der Waals surface area contributed by atoms with Crippen molar-refractivity contribution in [2.24, 2.45) is 0 Å². The first-order valence-corrected chi connectivity index (χ1v) is 3.63. The monoisotopic (exact) mass is 260 g/mol. The minimum Gasteiger partial charge on any atom is -0.273 e. The molecule has 0 aliphatic carbocycles. The molecule has 61 valence electrons. The second kappa shape index (κ2) is 14.4. The van der Waals surface area contributed by atoms with Crippen LogP contribution in [0.3, 0.4) is 0 Å². The Bertz CT molecular complexity index is 130. The third kappa shape index (κ3) is 9.95. The Kier molecular flexibility index (Phi) is 24.8. The summed E-state index contributed by atoms with van der Waals surface area (Å²) in [5.41, 5.74) is 5.71. The molecule has 7 heteroatoms. The van der Waals surface area contributed by atoms with Crippen LogP contribution in [0.2, 0.25) is 0 Å². The van der Waals surface area contributed by atoms with E-state index in [1.54, 1.807) is 5.01 Å². The van der Waals surface area contributed by atoms with Crippen molar-refractivity contribution in [3.8, 4) is 0 Å². The van der Waals surface area contributed by atoms with Crippen LogP contribution in [0.4, 0.5) is 0 Å². The molecule has 1 heterocycles. The molecule has 13 heavy (non-hydrogen) atoms. The van der Waals surface area contributed by atoms with Crippen molar-refractivity contribution in [2.45, 2.75) is 19.8 Å². The first-order valence-electron chi connectivity index (χ1n) is 3.63. The van der Waals surface area contributed by atoms with E-state index in [0.29, 0.717) is 6.42 Å². The van der Waals surface area contributed by atoms with Crippen LogP contribution >= 0.6 is 0 Å². The van der Waals surface area contributed by atoms with Crippen LogP contribution < -0.4 is 11.0 Å². The molecule has 1 fully saturated rings. The number of amides is 1. The summed E-state index contributed by atoms with van der Waals surface area (Å²) in [6.07, 6.45) is 1.59. The molecule has 1 amide bonds. The molecule has 4 nitrogen and oxygen atoms in total. The van der Waals surface area contributed by atoms with Gasteiger partial charge >= 0.3 is 0 Å². The number of carbonyl (C=O) groups excluding carboxylic acids is 1. The van der Waals surface area contributed by atoms with Crippen molar-refractivity contribution in [3.05, 3.63) is 0 Å². The molecule has 0 aromatic rings. The Morgan fingerprint density at radius 3 is 2.38 bits per heavy atom. The third-order valence-electron chi connectivity index (χ3n) is 1.50. The van der Waals surface area contributed by atoms with Crippen molar-refractivity contribution in [1.29, 1.82) is 0 Å². The molecule has 0 aromatic carbocycles. The van der Waals surface area contributed by atoms with Gasteiger partial charge in [0.25, 0.3) is 0 Å². The normalized spacial score (nSPS) is 14.7. The van der Waals surface area contributed by atoms with Gasteiger partial charge in [0.15, 0.2) is 0 Å². The van der Waals surface area contributed by atoms with E-state index >= 15 is 0 Å². The van der Waals surface area contributed by atoms with Crippen LogP contribution in [0, 0.1) is 0 Å². The van der Waals surface area contributed by atoms with Crippen LogP contribution in [0.25, 0.3) is 0 Å². The number of nitrogens with one attached hydrogen (secondary N) is 2. The van der Waals surface area contributed by atoms with Gasteiger partial charge in [-0.1, -0.05) is 6.92 Å². The van der Waals surface area contributed by atoms with Crippen LogP contribution in [-0.4, -0.2) is 178 Å². The molecule has 0 bridgehead atoms. The maximum Gasteiger partial charge on any atom is 0.237 e. The van der Waals surface area contributed by atoms with Crippen molar-refractivity contribution in [3.63, 3.8) is 0 Å². The molecule has 0 spiro atoms. The summed E-state index contributed by atoms with van der Waals surface area (Å²) in [6, 6.07) is 0. The molecule has 1 aliphatic rings. The standard InChI is InChI=1S/C6H13N3O.3K/c1-2-6(10)9-5-3-4-7-8-9;;;/h7-8H,2-5H2,1H3;;;. The molecule has 1 aliphatic heterocycles. The van der Waals surface area contributed by atoms with Crippen molar-refractivity contribution in [1.82, 2.24) is 16.0 Å². The van der Waals surface area contributed by atoms with Gasteiger partial charge in [-0.05, 0) is 6.42 Å². The topological polar surface area (TPSA) is 44.4 Å². The molecule has 3 radical (unpaired) electrons. The van der Waals surface area contributed by atoms with E-state index in [9.17, 15) is 4.79 Å².